The lowest BCUT2D eigenvalue weighted by atomic mass is 9.97. The van der Waals surface area contributed by atoms with Crippen LogP contribution < -0.4 is 0 Å². The van der Waals surface area contributed by atoms with Crippen molar-refractivity contribution in [3.8, 4) is 0 Å². The smallest absolute Gasteiger partial charge is 0.506 e. The Morgan fingerprint density at radius 2 is 1.58 bits per heavy atom. The second-order valence-corrected chi connectivity index (χ2v) is 2.95. The third-order valence-corrected chi connectivity index (χ3v) is 1.35. The molecule has 0 spiro atoms. The van der Waals surface area contributed by atoms with E-state index in [1.807, 2.05) is 37.8 Å². The van der Waals surface area contributed by atoms with E-state index >= 15 is 0 Å². The quantitative estimate of drug-likeness (QED) is 0.437. The monoisotopic (exact) mass is 172 g/mol. The molecular formula is C7H17BN2O2. The summed E-state index contributed by atoms with van der Waals surface area (Å²) in [6, 6.07) is 0. The Morgan fingerprint density at radius 1 is 1.17 bits per heavy atom. The highest BCUT2D eigenvalue weighted by Crippen LogP contribution is 2.01. The molecule has 0 aromatic carbocycles. The van der Waals surface area contributed by atoms with Crippen molar-refractivity contribution in [1.29, 1.82) is 0 Å². The minimum atomic E-state index is -0.141. The molecule has 0 saturated heterocycles. The lowest BCUT2D eigenvalue weighted by Crippen LogP contribution is -2.47. The van der Waals surface area contributed by atoms with E-state index in [4.69, 9.17) is 9.39 Å². The van der Waals surface area contributed by atoms with Crippen molar-refractivity contribution in [3.05, 3.63) is 12.5 Å². The lowest BCUT2D eigenvalue weighted by molar-refractivity contribution is 0.131. The van der Waals surface area contributed by atoms with Crippen LogP contribution in [0.3, 0.4) is 0 Å². The first-order valence-corrected chi connectivity index (χ1v) is 3.71. The van der Waals surface area contributed by atoms with Crippen molar-refractivity contribution in [2.24, 2.45) is 0 Å². The second-order valence-electron chi connectivity index (χ2n) is 2.95. The number of hydrogen-bond acceptors (Lipinski definition) is 4. The molecule has 0 rings (SSSR count). The Bertz CT molecular complexity index is 142. The van der Waals surface area contributed by atoms with Gasteiger partial charge in [-0.25, -0.2) is 0 Å². The Balaban J connectivity index is 4.05. The summed E-state index contributed by atoms with van der Waals surface area (Å²) in [5.74, 6) is 0.322. The van der Waals surface area contributed by atoms with Gasteiger partial charge >= 0.3 is 7.19 Å². The molecule has 0 heterocycles. The van der Waals surface area contributed by atoms with Gasteiger partial charge in [0.05, 0.1) is 7.11 Å². The summed E-state index contributed by atoms with van der Waals surface area (Å²) in [4.78, 5) is 3.84. The molecular weight excluding hydrogens is 155 g/mol. The molecule has 70 valence electrons. The van der Waals surface area contributed by atoms with Crippen LogP contribution in [0, 0.1) is 0 Å². The highest BCUT2D eigenvalue weighted by molar-refractivity contribution is 6.45. The molecule has 0 amide bonds. The van der Waals surface area contributed by atoms with Crippen LogP contribution in [-0.2, 0) is 9.39 Å². The van der Waals surface area contributed by atoms with Crippen LogP contribution >= 0.6 is 0 Å². The van der Waals surface area contributed by atoms with E-state index in [1.165, 1.54) is 7.11 Å². The van der Waals surface area contributed by atoms with Gasteiger partial charge in [0.2, 0.25) is 0 Å². The topological polar surface area (TPSA) is 24.9 Å². The first kappa shape index (κ1) is 11.3. The zero-order chi connectivity index (χ0) is 9.72. The van der Waals surface area contributed by atoms with Crippen LogP contribution in [0.5, 0.6) is 0 Å². The highest BCUT2D eigenvalue weighted by Gasteiger charge is 2.25. The minimum absolute atomic E-state index is 0.141. The Morgan fingerprint density at radius 3 is 1.83 bits per heavy atom. The number of hydrogen-bond donors (Lipinski definition) is 0. The molecule has 0 aliphatic carbocycles. The predicted molar refractivity (Wildman–Crippen MR) is 50.4 cm³/mol. The van der Waals surface area contributed by atoms with Crippen molar-refractivity contribution in [3.63, 3.8) is 0 Å². The first-order valence-electron chi connectivity index (χ1n) is 3.71. The Hall–Kier alpha value is -0.675. The van der Waals surface area contributed by atoms with Crippen LogP contribution in [-0.4, -0.2) is 52.1 Å². The summed E-state index contributed by atoms with van der Waals surface area (Å²) in [5.41, 5.74) is 0. The highest BCUT2D eigenvalue weighted by atomic mass is 16.7. The molecule has 0 aliphatic heterocycles. The molecule has 0 aromatic rings. The van der Waals surface area contributed by atoms with E-state index in [2.05, 4.69) is 6.58 Å². The molecule has 0 aromatic heterocycles. The zero-order valence-corrected chi connectivity index (χ0v) is 8.50. The van der Waals surface area contributed by atoms with Gasteiger partial charge in [0, 0.05) is 0 Å². The molecule has 0 unspecified atom stereocenters. The van der Waals surface area contributed by atoms with E-state index in [0.29, 0.717) is 5.95 Å². The maximum Gasteiger partial charge on any atom is 0.549 e. The van der Waals surface area contributed by atoms with Crippen molar-refractivity contribution < 1.29 is 9.39 Å². The van der Waals surface area contributed by atoms with E-state index in [9.17, 15) is 0 Å². The summed E-state index contributed by atoms with van der Waals surface area (Å²) in [7, 11) is 9.09. The van der Waals surface area contributed by atoms with Crippen LogP contribution in [0.1, 0.15) is 0 Å². The summed E-state index contributed by atoms with van der Waals surface area (Å²) >= 11 is 0. The summed E-state index contributed by atoms with van der Waals surface area (Å²) in [6.07, 6.45) is 0. The Kier molecular flexibility index (Phi) is 4.77. The fourth-order valence-corrected chi connectivity index (χ4v) is 0.838. The largest absolute Gasteiger partial charge is 0.549 e. The SMILES string of the molecule is C=C(OC)OB(N(C)C)N(C)C. The first-order chi connectivity index (χ1) is 5.49. The number of rotatable bonds is 5. The molecule has 4 nitrogen and oxygen atoms in total. The average Bonchev–Trinajstić information content (AvgIpc) is 1.98. The summed E-state index contributed by atoms with van der Waals surface area (Å²) < 4.78 is 10.2. The van der Waals surface area contributed by atoms with Crippen LogP contribution in [0.2, 0.25) is 0 Å². The van der Waals surface area contributed by atoms with Gasteiger partial charge in [-0.1, -0.05) is 0 Å². The van der Waals surface area contributed by atoms with Crippen LogP contribution in [0.15, 0.2) is 12.5 Å². The zero-order valence-electron chi connectivity index (χ0n) is 8.50. The van der Waals surface area contributed by atoms with E-state index in [1.54, 1.807) is 0 Å². The van der Waals surface area contributed by atoms with Crippen molar-refractivity contribution in [2.45, 2.75) is 0 Å². The minimum Gasteiger partial charge on any atom is -0.506 e. The third-order valence-electron chi connectivity index (χ3n) is 1.35. The van der Waals surface area contributed by atoms with Crippen molar-refractivity contribution in [1.82, 2.24) is 9.62 Å². The summed E-state index contributed by atoms with van der Waals surface area (Å²) in [5, 5.41) is 0. The van der Waals surface area contributed by atoms with Gasteiger partial charge in [0.1, 0.15) is 0 Å². The molecule has 0 radical (unpaired) electrons. The van der Waals surface area contributed by atoms with Crippen molar-refractivity contribution in [2.75, 3.05) is 35.3 Å². The third kappa shape index (κ3) is 3.64. The predicted octanol–water partition coefficient (Wildman–Crippen LogP) is 0.229. The maximum absolute atomic E-state index is 5.36. The Labute approximate surface area is 74.9 Å². The van der Waals surface area contributed by atoms with E-state index < -0.39 is 0 Å². The number of nitrogens with zero attached hydrogens (tertiary/aromatic N) is 2. The summed E-state index contributed by atoms with van der Waals surface area (Å²) in [6.45, 7) is 3.58. The lowest BCUT2D eigenvalue weighted by Gasteiger charge is -2.25. The maximum atomic E-state index is 5.36. The standard InChI is InChI=1S/C7H17BN2O2/c1-7(11-6)12-8(9(2)3)10(4)5/h1H2,2-6H3. The fourth-order valence-electron chi connectivity index (χ4n) is 0.838. The molecule has 0 fully saturated rings. The van der Waals surface area contributed by atoms with E-state index in [-0.39, 0.29) is 7.19 Å². The van der Waals surface area contributed by atoms with Gasteiger partial charge in [-0.05, 0) is 34.8 Å². The van der Waals surface area contributed by atoms with Crippen LogP contribution in [0.4, 0.5) is 0 Å². The van der Waals surface area contributed by atoms with Gasteiger partial charge in [0.15, 0.2) is 0 Å². The molecule has 5 heteroatoms. The molecule has 0 aliphatic rings. The fraction of sp³-hybridized carbons (Fsp3) is 0.714. The average molecular weight is 172 g/mol. The normalized spacial score (nSPS) is 10.2. The number of methoxy groups -OCH3 is 1. The molecule has 0 bridgehead atoms. The van der Waals surface area contributed by atoms with Gasteiger partial charge in [0.25, 0.3) is 5.95 Å². The second kappa shape index (κ2) is 5.06. The van der Waals surface area contributed by atoms with Crippen LogP contribution in [0.25, 0.3) is 0 Å². The number of ether oxygens (including phenoxy) is 1. The molecule has 0 N–H and O–H groups in total. The van der Waals surface area contributed by atoms with Gasteiger partial charge < -0.3 is 9.39 Å². The van der Waals surface area contributed by atoms with Crippen molar-refractivity contribution >= 4 is 7.19 Å². The van der Waals surface area contributed by atoms with Gasteiger partial charge in [-0.15, -0.1) is 0 Å². The van der Waals surface area contributed by atoms with Gasteiger partial charge in [-0.2, -0.15) is 0 Å². The molecule has 0 saturated carbocycles. The molecule has 0 atom stereocenters. The van der Waals surface area contributed by atoms with Gasteiger partial charge in [-0.3, -0.25) is 9.62 Å². The van der Waals surface area contributed by atoms with E-state index in [0.717, 1.165) is 0 Å². The molecule has 12 heavy (non-hydrogen) atoms.